The zero-order valence-electron chi connectivity index (χ0n) is 18.5. The van der Waals surface area contributed by atoms with Gasteiger partial charge in [-0.3, -0.25) is 9.54 Å². The number of hydrogen-bond donors (Lipinski definition) is 1. The SMILES string of the molecule is Cn1c(CCc2ccc(C#N)cc2)cc2cc(N(c3cccc4cccnc34)S(=O)O)ccc21. The molecule has 0 radical (unpaired) electrons. The molecule has 3 aromatic carbocycles. The number of nitriles is 1. The predicted octanol–water partition coefficient (Wildman–Crippen LogP) is 5.66. The molecule has 0 aliphatic carbocycles. The minimum Gasteiger partial charge on any atom is -0.348 e. The number of aromatic nitrogens is 2. The first-order valence-electron chi connectivity index (χ1n) is 10.9. The fourth-order valence-corrected chi connectivity index (χ4v) is 4.95. The lowest BCUT2D eigenvalue weighted by Crippen LogP contribution is -2.19. The molecule has 0 fully saturated rings. The van der Waals surface area contributed by atoms with E-state index >= 15 is 0 Å². The van der Waals surface area contributed by atoms with Gasteiger partial charge in [0, 0.05) is 35.2 Å². The Balaban J connectivity index is 1.49. The average molecular weight is 467 g/mol. The van der Waals surface area contributed by atoms with Crippen molar-refractivity contribution in [2.45, 2.75) is 12.8 Å². The van der Waals surface area contributed by atoms with E-state index in [0.29, 0.717) is 22.5 Å². The molecule has 0 bridgehead atoms. The Morgan fingerprint density at radius 1 is 1.00 bits per heavy atom. The molecule has 6 nitrogen and oxygen atoms in total. The lowest BCUT2D eigenvalue weighted by Gasteiger charge is -2.21. The van der Waals surface area contributed by atoms with Gasteiger partial charge >= 0.3 is 0 Å². The molecule has 0 amide bonds. The fourth-order valence-electron chi connectivity index (χ4n) is 4.34. The Morgan fingerprint density at radius 2 is 1.79 bits per heavy atom. The summed E-state index contributed by atoms with van der Waals surface area (Å²) >= 11 is -2.27. The van der Waals surface area contributed by atoms with Crippen LogP contribution < -0.4 is 4.31 Å². The molecule has 0 saturated heterocycles. The summed E-state index contributed by atoms with van der Waals surface area (Å²) in [4.78, 5) is 4.45. The van der Waals surface area contributed by atoms with Gasteiger partial charge in [0.15, 0.2) is 0 Å². The predicted molar refractivity (Wildman–Crippen MR) is 136 cm³/mol. The number of pyridine rings is 1. The molecular weight excluding hydrogens is 444 g/mol. The molecule has 7 heteroatoms. The van der Waals surface area contributed by atoms with Crippen molar-refractivity contribution in [2.24, 2.45) is 7.05 Å². The maximum absolute atomic E-state index is 12.4. The lowest BCUT2D eigenvalue weighted by atomic mass is 10.1. The van der Waals surface area contributed by atoms with Crippen molar-refractivity contribution in [3.63, 3.8) is 0 Å². The van der Waals surface area contributed by atoms with Crippen LogP contribution >= 0.6 is 0 Å². The quantitative estimate of drug-likeness (QED) is 0.328. The number of benzene rings is 3. The maximum atomic E-state index is 12.4. The maximum Gasteiger partial charge on any atom is 0.266 e. The topological polar surface area (TPSA) is 82.2 Å². The molecule has 0 saturated carbocycles. The Bertz CT molecular complexity index is 1560. The average Bonchev–Trinajstić information content (AvgIpc) is 3.18. The van der Waals surface area contributed by atoms with Crippen molar-refractivity contribution in [3.05, 3.63) is 102 Å². The van der Waals surface area contributed by atoms with Crippen molar-refractivity contribution >= 4 is 44.4 Å². The third kappa shape index (κ3) is 4.05. The number of aryl methyl sites for hydroxylation is 3. The van der Waals surface area contributed by atoms with E-state index in [1.807, 2.05) is 79.8 Å². The van der Waals surface area contributed by atoms with Crippen LogP contribution in [-0.4, -0.2) is 18.3 Å². The summed E-state index contributed by atoms with van der Waals surface area (Å²) in [5, 5.41) is 10.9. The molecule has 1 atom stereocenters. The van der Waals surface area contributed by atoms with Gasteiger partial charge in [-0.25, -0.2) is 8.51 Å². The van der Waals surface area contributed by atoms with Gasteiger partial charge in [0.1, 0.15) is 0 Å². The molecule has 168 valence electrons. The standard InChI is InChI=1S/C27H22N4O2S/c1-30-23(12-11-19-7-9-20(18-28)10-8-19)16-22-17-24(13-14-25(22)30)31(34(32)33)26-6-2-4-21-5-3-15-29-27(21)26/h2-10,13-17H,11-12H2,1H3,(H,32,33). The van der Waals surface area contributed by atoms with Gasteiger partial charge in [0.25, 0.3) is 11.3 Å². The number of hydrogen-bond acceptors (Lipinski definition) is 3. The number of anilines is 2. The van der Waals surface area contributed by atoms with Crippen molar-refractivity contribution in [3.8, 4) is 6.07 Å². The molecule has 0 aliphatic rings. The number of rotatable bonds is 6. The van der Waals surface area contributed by atoms with Crippen LogP contribution in [0, 0.1) is 11.3 Å². The number of fused-ring (bicyclic) bond motifs is 2. The van der Waals surface area contributed by atoms with Crippen LogP contribution in [0.4, 0.5) is 11.4 Å². The van der Waals surface area contributed by atoms with Crippen LogP contribution in [0.3, 0.4) is 0 Å². The largest absolute Gasteiger partial charge is 0.348 e. The highest BCUT2D eigenvalue weighted by atomic mass is 32.2. The zero-order valence-corrected chi connectivity index (χ0v) is 19.4. The number of nitrogens with zero attached hydrogens (tertiary/aromatic N) is 4. The summed E-state index contributed by atoms with van der Waals surface area (Å²) in [7, 11) is 2.03. The number of para-hydroxylation sites is 1. The molecule has 1 N–H and O–H groups in total. The molecule has 1 unspecified atom stereocenters. The second-order valence-electron chi connectivity index (χ2n) is 8.12. The summed E-state index contributed by atoms with van der Waals surface area (Å²) in [6.45, 7) is 0. The first-order chi connectivity index (χ1) is 16.5. The van der Waals surface area contributed by atoms with E-state index in [9.17, 15) is 8.76 Å². The van der Waals surface area contributed by atoms with Crippen LogP contribution in [0.15, 0.2) is 85.1 Å². The summed E-state index contributed by atoms with van der Waals surface area (Å²) in [6.07, 6.45) is 3.39. The van der Waals surface area contributed by atoms with Crippen LogP contribution in [0.2, 0.25) is 0 Å². The minimum atomic E-state index is -2.27. The van der Waals surface area contributed by atoms with Gasteiger partial charge in [0.2, 0.25) is 0 Å². The molecule has 34 heavy (non-hydrogen) atoms. The summed E-state index contributed by atoms with van der Waals surface area (Å²) in [5.74, 6) is 0. The summed E-state index contributed by atoms with van der Waals surface area (Å²) in [6, 6.07) is 27.1. The Hall–Kier alpha value is -3.99. The molecule has 2 heterocycles. The highest BCUT2D eigenvalue weighted by Crippen LogP contribution is 2.34. The van der Waals surface area contributed by atoms with Gasteiger partial charge in [-0.2, -0.15) is 5.26 Å². The second kappa shape index (κ2) is 9.10. The lowest BCUT2D eigenvalue weighted by molar-refractivity contribution is 0.564. The first-order valence-corrected chi connectivity index (χ1v) is 11.9. The van der Waals surface area contributed by atoms with Crippen molar-refractivity contribution in [1.29, 1.82) is 5.26 Å². The second-order valence-corrected chi connectivity index (χ2v) is 8.95. The molecule has 0 spiro atoms. The minimum absolute atomic E-state index is 0.579. The van der Waals surface area contributed by atoms with E-state index in [4.69, 9.17) is 5.26 Å². The van der Waals surface area contributed by atoms with E-state index in [0.717, 1.165) is 29.1 Å². The van der Waals surface area contributed by atoms with Gasteiger partial charge in [0.05, 0.1) is 28.5 Å². The monoisotopic (exact) mass is 466 g/mol. The van der Waals surface area contributed by atoms with E-state index in [1.54, 1.807) is 6.20 Å². The molecule has 2 aromatic heterocycles. The molecular formula is C27H22N4O2S. The zero-order chi connectivity index (χ0) is 23.7. The van der Waals surface area contributed by atoms with Gasteiger partial charge < -0.3 is 4.57 Å². The van der Waals surface area contributed by atoms with Crippen LogP contribution in [0.1, 0.15) is 16.8 Å². The summed E-state index contributed by atoms with van der Waals surface area (Å²) < 4.78 is 26.2. The van der Waals surface area contributed by atoms with Crippen LogP contribution in [-0.2, 0) is 31.2 Å². The van der Waals surface area contributed by atoms with Crippen molar-refractivity contribution in [1.82, 2.24) is 9.55 Å². The third-order valence-electron chi connectivity index (χ3n) is 6.10. The van der Waals surface area contributed by atoms with Gasteiger partial charge in [-0.05, 0) is 66.9 Å². The van der Waals surface area contributed by atoms with E-state index in [-0.39, 0.29) is 0 Å². The first kappa shape index (κ1) is 21.8. The van der Waals surface area contributed by atoms with E-state index in [2.05, 4.69) is 21.7 Å². The van der Waals surface area contributed by atoms with E-state index in [1.165, 1.54) is 15.6 Å². The third-order valence-corrected chi connectivity index (χ3v) is 6.82. The Morgan fingerprint density at radius 3 is 2.56 bits per heavy atom. The van der Waals surface area contributed by atoms with Crippen molar-refractivity contribution < 1.29 is 8.76 Å². The van der Waals surface area contributed by atoms with Crippen molar-refractivity contribution in [2.75, 3.05) is 4.31 Å². The summed E-state index contributed by atoms with van der Waals surface area (Å²) in [5.41, 5.74) is 5.93. The van der Waals surface area contributed by atoms with Gasteiger partial charge in [-0.15, -0.1) is 0 Å². The smallest absolute Gasteiger partial charge is 0.266 e. The van der Waals surface area contributed by atoms with E-state index < -0.39 is 11.3 Å². The Labute approximate surface area is 200 Å². The fraction of sp³-hybridized carbons (Fsp3) is 0.111. The molecule has 0 aliphatic heterocycles. The Kier molecular flexibility index (Phi) is 5.84. The molecule has 5 rings (SSSR count). The van der Waals surface area contributed by atoms with Crippen LogP contribution in [0.5, 0.6) is 0 Å². The highest BCUT2D eigenvalue weighted by Gasteiger charge is 2.19. The molecule has 5 aromatic rings. The highest BCUT2D eigenvalue weighted by molar-refractivity contribution is 7.81. The normalized spacial score (nSPS) is 12.0. The van der Waals surface area contributed by atoms with Crippen LogP contribution in [0.25, 0.3) is 21.8 Å². The van der Waals surface area contributed by atoms with Gasteiger partial charge in [-0.1, -0.05) is 30.3 Å².